The summed E-state index contributed by atoms with van der Waals surface area (Å²) in [5, 5.41) is 8.86. The average Bonchev–Trinajstić information content (AvgIpc) is 2.57. The van der Waals surface area contributed by atoms with E-state index in [1.165, 1.54) is 14.2 Å². The van der Waals surface area contributed by atoms with Crippen LogP contribution in [-0.4, -0.2) is 29.1 Å². The standard InChI is InChI=1S/C13H18BrNO2S/c1-9-12(14)6-11(18-9)8-15-4-2-3-10(7-15)5-13(16)17/h6,10H,2-5,7-8H2,1H3,(H,16,17). The van der Waals surface area contributed by atoms with Crippen LogP contribution in [0.25, 0.3) is 0 Å². The summed E-state index contributed by atoms with van der Waals surface area (Å²) >= 11 is 5.36. The largest absolute Gasteiger partial charge is 0.481 e. The minimum Gasteiger partial charge on any atom is -0.481 e. The molecular weight excluding hydrogens is 314 g/mol. The molecule has 1 aromatic heterocycles. The summed E-state index contributed by atoms with van der Waals surface area (Å²) in [5.74, 6) is -0.350. The first kappa shape index (κ1) is 14.0. The predicted octanol–water partition coefficient (Wildman–Crippen LogP) is 3.51. The van der Waals surface area contributed by atoms with Gasteiger partial charge in [-0.1, -0.05) is 0 Å². The van der Waals surface area contributed by atoms with Crippen LogP contribution in [0.5, 0.6) is 0 Å². The fourth-order valence-corrected chi connectivity index (χ4v) is 4.17. The molecule has 0 bridgehead atoms. The quantitative estimate of drug-likeness (QED) is 0.917. The molecule has 0 aromatic carbocycles. The number of piperidine rings is 1. The molecule has 1 unspecified atom stereocenters. The maximum atomic E-state index is 10.8. The van der Waals surface area contributed by atoms with Crippen LogP contribution in [0.15, 0.2) is 10.5 Å². The Morgan fingerprint density at radius 1 is 1.67 bits per heavy atom. The van der Waals surface area contributed by atoms with Crippen molar-refractivity contribution < 1.29 is 9.90 Å². The summed E-state index contributed by atoms with van der Waals surface area (Å²) in [5.41, 5.74) is 0. The number of carbonyl (C=O) groups is 1. The van der Waals surface area contributed by atoms with Gasteiger partial charge in [0.05, 0.1) is 0 Å². The van der Waals surface area contributed by atoms with E-state index < -0.39 is 5.97 Å². The summed E-state index contributed by atoms with van der Waals surface area (Å²) < 4.78 is 1.18. The van der Waals surface area contributed by atoms with Gasteiger partial charge in [-0.2, -0.15) is 0 Å². The highest BCUT2D eigenvalue weighted by molar-refractivity contribution is 9.10. The Bertz CT molecular complexity index is 413. The van der Waals surface area contributed by atoms with E-state index in [0.29, 0.717) is 12.3 Å². The van der Waals surface area contributed by atoms with Gasteiger partial charge in [0, 0.05) is 33.7 Å². The number of hydrogen-bond acceptors (Lipinski definition) is 3. The predicted molar refractivity (Wildman–Crippen MR) is 77.0 cm³/mol. The fourth-order valence-electron chi connectivity index (χ4n) is 2.52. The summed E-state index contributed by atoms with van der Waals surface area (Å²) in [6, 6.07) is 2.18. The topological polar surface area (TPSA) is 40.5 Å². The molecular formula is C13H18BrNO2S. The van der Waals surface area contributed by atoms with E-state index in [2.05, 4.69) is 33.8 Å². The van der Waals surface area contributed by atoms with E-state index in [-0.39, 0.29) is 0 Å². The number of hydrogen-bond donors (Lipinski definition) is 1. The summed E-state index contributed by atoms with van der Waals surface area (Å²) in [4.78, 5) is 15.8. The molecule has 1 saturated heterocycles. The molecule has 18 heavy (non-hydrogen) atoms. The maximum absolute atomic E-state index is 10.8. The highest BCUT2D eigenvalue weighted by Gasteiger charge is 2.22. The molecule has 2 rings (SSSR count). The molecule has 5 heteroatoms. The molecule has 1 fully saturated rings. The van der Waals surface area contributed by atoms with Crippen LogP contribution in [-0.2, 0) is 11.3 Å². The second-order valence-electron chi connectivity index (χ2n) is 4.96. The van der Waals surface area contributed by atoms with Crippen LogP contribution in [0.4, 0.5) is 0 Å². The minimum atomic E-state index is -0.670. The third-order valence-electron chi connectivity index (χ3n) is 3.35. The number of nitrogens with zero attached hydrogens (tertiary/aromatic N) is 1. The Hall–Kier alpha value is -0.390. The number of carboxylic acid groups (broad SMARTS) is 1. The molecule has 0 spiro atoms. The lowest BCUT2D eigenvalue weighted by Gasteiger charge is -2.31. The van der Waals surface area contributed by atoms with Crippen LogP contribution in [0, 0.1) is 12.8 Å². The first-order valence-electron chi connectivity index (χ1n) is 6.23. The number of aryl methyl sites for hydroxylation is 1. The normalized spacial score (nSPS) is 21.1. The molecule has 0 amide bonds. The van der Waals surface area contributed by atoms with Crippen LogP contribution in [0.1, 0.15) is 29.0 Å². The monoisotopic (exact) mass is 331 g/mol. The van der Waals surface area contributed by atoms with Crippen molar-refractivity contribution in [3.05, 3.63) is 20.3 Å². The highest BCUT2D eigenvalue weighted by atomic mass is 79.9. The molecule has 1 aliphatic heterocycles. The lowest BCUT2D eigenvalue weighted by atomic mass is 9.95. The molecule has 1 aliphatic rings. The number of carboxylic acids is 1. The van der Waals surface area contributed by atoms with Crippen molar-refractivity contribution in [2.45, 2.75) is 32.7 Å². The fraction of sp³-hybridized carbons (Fsp3) is 0.615. The molecule has 0 radical (unpaired) electrons. The third kappa shape index (κ3) is 3.80. The first-order valence-corrected chi connectivity index (χ1v) is 7.84. The van der Waals surface area contributed by atoms with E-state index in [1.807, 2.05) is 11.3 Å². The van der Waals surface area contributed by atoms with E-state index in [4.69, 9.17) is 5.11 Å². The minimum absolute atomic E-state index is 0.309. The molecule has 0 aliphatic carbocycles. The van der Waals surface area contributed by atoms with Gasteiger partial charge in [0.2, 0.25) is 0 Å². The molecule has 2 heterocycles. The Morgan fingerprint density at radius 2 is 2.44 bits per heavy atom. The van der Waals surface area contributed by atoms with Crippen molar-refractivity contribution in [1.82, 2.24) is 4.90 Å². The van der Waals surface area contributed by atoms with Crippen molar-refractivity contribution in [2.75, 3.05) is 13.1 Å². The van der Waals surface area contributed by atoms with Gasteiger partial charge in [-0.25, -0.2) is 0 Å². The van der Waals surface area contributed by atoms with Gasteiger partial charge in [0.1, 0.15) is 0 Å². The summed E-state index contributed by atoms with van der Waals surface area (Å²) in [6.07, 6.45) is 2.48. The zero-order valence-corrected chi connectivity index (χ0v) is 12.9. The van der Waals surface area contributed by atoms with Gasteiger partial charge in [-0.05, 0) is 54.2 Å². The number of aliphatic carboxylic acids is 1. The van der Waals surface area contributed by atoms with Crippen molar-refractivity contribution in [1.29, 1.82) is 0 Å². The molecule has 100 valence electrons. The van der Waals surface area contributed by atoms with Gasteiger partial charge in [-0.3, -0.25) is 9.69 Å². The van der Waals surface area contributed by atoms with E-state index >= 15 is 0 Å². The molecule has 3 nitrogen and oxygen atoms in total. The smallest absolute Gasteiger partial charge is 0.303 e. The van der Waals surface area contributed by atoms with Crippen molar-refractivity contribution >= 4 is 33.2 Å². The van der Waals surface area contributed by atoms with Crippen molar-refractivity contribution in [2.24, 2.45) is 5.92 Å². The maximum Gasteiger partial charge on any atom is 0.303 e. The molecule has 1 atom stereocenters. The van der Waals surface area contributed by atoms with E-state index in [1.54, 1.807) is 0 Å². The summed E-state index contributed by atoms with van der Waals surface area (Å²) in [7, 11) is 0. The Kier molecular flexibility index (Phi) is 4.81. The SMILES string of the molecule is Cc1sc(CN2CCCC(CC(=O)O)C2)cc1Br. The van der Waals surface area contributed by atoms with Crippen molar-refractivity contribution in [3.63, 3.8) is 0 Å². The van der Waals surface area contributed by atoms with E-state index in [9.17, 15) is 4.79 Å². The van der Waals surface area contributed by atoms with E-state index in [0.717, 1.165) is 32.5 Å². The van der Waals surface area contributed by atoms with Gasteiger partial charge in [0.25, 0.3) is 0 Å². The van der Waals surface area contributed by atoms with Gasteiger partial charge in [-0.15, -0.1) is 11.3 Å². The van der Waals surface area contributed by atoms with Crippen molar-refractivity contribution in [3.8, 4) is 0 Å². The average molecular weight is 332 g/mol. The number of thiophene rings is 1. The zero-order chi connectivity index (χ0) is 13.1. The van der Waals surface area contributed by atoms with Crippen LogP contribution in [0.2, 0.25) is 0 Å². The van der Waals surface area contributed by atoms with Gasteiger partial charge < -0.3 is 5.11 Å². The molecule has 0 saturated carbocycles. The highest BCUT2D eigenvalue weighted by Crippen LogP contribution is 2.29. The van der Waals surface area contributed by atoms with Crippen LogP contribution < -0.4 is 0 Å². The van der Waals surface area contributed by atoms with Crippen LogP contribution in [0.3, 0.4) is 0 Å². The van der Waals surface area contributed by atoms with Crippen LogP contribution >= 0.6 is 27.3 Å². The molecule has 1 N–H and O–H groups in total. The Labute approximate surface area is 120 Å². The third-order valence-corrected chi connectivity index (χ3v) is 5.48. The zero-order valence-electron chi connectivity index (χ0n) is 10.5. The Morgan fingerprint density at radius 3 is 3.06 bits per heavy atom. The second kappa shape index (κ2) is 6.17. The Balaban J connectivity index is 1.91. The lowest BCUT2D eigenvalue weighted by molar-refractivity contribution is -0.138. The number of halogens is 1. The van der Waals surface area contributed by atoms with Gasteiger partial charge >= 0.3 is 5.97 Å². The summed E-state index contributed by atoms with van der Waals surface area (Å²) in [6.45, 7) is 5.07. The number of likely N-dealkylation sites (tertiary alicyclic amines) is 1. The molecule has 1 aromatic rings. The first-order chi connectivity index (χ1) is 8.54. The van der Waals surface area contributed by atoms with Gasteiger partial charge in [0.15, 0.2) is 0 Å². The second-order valence-corrected chi connectivity index (χ2v) is 7.15. The lowest BCUT2D eigenvalue weighted by Crippen LogP contribution is -2.35. The number of rotatable bonds is 4.